The summed E-state index contributed by atoms with van der Waals surface area (Å²) >= 11 is 0. The zero-order valence-electron chi connectivity index (χ0n) is 9.02. The molecule has 0 saturated heterocycles. The fourth-order valence-corrected chi connectivity index (χ4v) is 1.33. The minimum absolute atomic E-state index is 0.251. The Morgan fingerprint density at radius 1 is 1.36 bits per heavy atom. The molecule has 0 aliphatic heterocycles. The SMILES string of the molecule is COc1cc(C)c(F)cc1C(C)(C)N. The van der Waals surface area contributed by atoms with Crippen LogP contribution in [0.15, 0.2) is 12.1 Å². The van der Waals surface area contributed by atoms with E-state index >= 15 is 0 Å². The topological polar surface area (TPSA) is 35.2 Å². The van der Waals surface area contributed by atoms with E-state index in [4.69, 9.17) is 10.5 Å². The molecule has 0 atom stereocenters. The van der Waals surface area contributed by atoms with Crippen molar-refractivity contribution in [2.24, 2.45) is 5.73 Å². The number of aryl methyl sites for hydroxylation is 1. The van der Waals surface area contributed by atoms with E-state index in [9.17, 15) is 4.39 Å². The van der Waals surface area contributed by atoms with Gasteiger partial charge in [0.15, 0.2) is 0 Å². The highest BCUT2D eigenvalue weighted by molar-refractivity contribution is 5.41. The van der Waals surface area contributed by atoms with Crippen LogP contribution < -0.4 is 10.5 Å². The maximum Gasteiger partial charge on any atom is 0.126 e. The Kier molecular flexibility index (Phi) is 2.81. The van der Waals surface area contributed by atoms with Crippen LogP contribution in [0.3, 0.4) is 0 Å². The summed E-state index contributed by atoms with van der Waals surface area (Å²) in [7, 11) is 1.56. The second-order valence-electron chi connectivity index (χ2n) is 4.02. The van der Waals surface area contributed by atoms with Crippen LogP contribution in [0.2, 0.25) is 0 Å². The maximum atomic E-state index is 13.3. The lowest BCUT2D eigenvalue weighted by molar-refractivity contribution is 0.392. The summed E-state index contributed by atoms with van der Waals surface area (Å²) in [5.74, 6) is 0.385. The summed E-state index contributed by atoms with van der Waals surface area (Å²) in [6, 6.07) is 3.10. The van der Waals surface area contributed by atoms with Gasteiger partial charge < -0.3 is 10.5 Å². The second kappa shape index (κ2) is 3.58. The molecular weight excluding hydrogens is 181 g/mol. The first-order chi connectivity index (χ1) is 6.36. The van der Waals surface area contributed by atoms with Crippen LogP contribution in [0.4, 0.5) is 4.39 Å². The zero-order valence-corrected chi connectivity index (χ0v) is 9.02. The molecule has 0 fully saturated rings. The monoisotopic (exact) mass is 197 g/mol. The van der Waals surface area contributed by atoms with E-state index in [1.807, 2.05) is 13.8 Å². The molecule has 0 radical (unpaired) electrons. The molecule has 0 saturated carbocycles. The first-order valence-corrected chi connectivity index (χ1v) is 4.49. The maximum absolute atomic E-state index is 13.3. The quantitative estimate of drug-likeness (QED) is 0.789. The van der Waals surface area contributed by atoms with Crippen LogP contribution in [-0.2, 0) is 5.54 Å². The summed E-state index contributed by atoms with van der Waals surface area (Å²) in [4.78, 5) is 0. The molecule has 2 nitrogen and oxygen atoms in total. The van der Waals surface area contributed by atoms with Crippen LogP contribution in [0.25, 0.3) is 0 Å². The van der Waals surface area contributed by atoms with Gasteiger partial charge in [-0.2, -0.15) is 0 Å². The Balaban J connectivity index is 3.35. The predicted octanol–water partition coefficient (Wildman–Crippen LogP) is 2.34. The summed E-state index contributed by atoms with van der Waals surface area (Å²) < 4.78 is 18.5. The number of nitrogens with two attached hydrogens (primary N) is 1. The molecule has 0 heterocycles. The number of ether oxygens (including phenoxy) is 1. The average molecular weight is 197 g/mol. The largest absolute Gasteiger partial charge is 0.496 e. The normalized spacial score (nSPS) is 11.6. The van der Waals surface area contributed by atoms with Gasteiger partial charge in [-0.15, -0.1) is 0 Å². The van der Waals surface area contributed by atoms with Crippen molar-refractivity contribution in [3.63, 3.8) is 0 Å². The van der Waals surface area contributed by atoms with E-state index in [-0.39, 0.29) is 5.82 Å². The van der Waals surface area contributed by atoms with E-state index in [1.54, 1.807) is 20.1 Å². The van der Waals surface area contributed by atoms with Gasteiger partial charge in [0.2, 0.25) is 0 Å². The molecule has 0 aliphatic rings. The van der Waals surface area contributed by atoms with Crippen LogP contribution in [0.1, 0.15) is 25.0 Å². The minimum Gasteiger partial charge on any atom is -0.496 e. The van der Waals surface area contributed by atoms with Gasteiger partial charge in [0, 0.05) is 11.1 Å². The third-order valence-corrected chi connectivity index (χ3v) is 2.17. The number of halogens is 1. The molecule has 0 aromatic heterocycles. The van der Waals surface area contributed by atoms with Crippen LogP contribution in [-0.4, -0.2) is 7.11 Å². The van der Waals surface area contributed by atoms with E-state index in [2.05, 4.69) is 0 Å². The first-order valence-electron chi connectivity index (χ1n) is 4.49. The van der Waals surface area contributed by atoms with Gasteiger partial charge >= 0.3 is 0 Å². The molecule has 1 aromatic rings. The van der Waals surface area contributed by atoms with Crippen molar-refractivity contribution in [3.8, 4) is 5.75 Å². The van der Waals surface area contributed by atoms with Crippen molar-refractivity contribution < 1.29 is 9.13 Å². The fourth-order valence-electron chi connectivity index (χ4n) is 1.33. The van der Waals surface area contributed by atoms with Crippen LogP contribution >= 0.6 is 0 Å². The fraction of sp³-hybridized carbons (Fsp3) is 0.455. The average Bonchev–Trinajstić information content (AvgIpc) is 2.07. The van der Waals surface area contributed by atoms with Gasteiger partial charge in [0.1, 0.15) is 11.6 Å². The lowest BCUT2D eigenvalue weighted by atomic mass is 9.93. The van der Waals surface area contributed by atoms with Crippen molar-refractivity contribution >= 4 is 0 Å². The number of hydrogen-bond donors (Lipinski definition) is 1. The van der Waals surface area contributed by atoms with Gasteiger partial charge in [-0.25, -0.2) is 4.39 Å². The van der Waals surface area contributed by atoms with Crippen molar-refractivity contribution in [1.82, 2.24) is 0 Å². The molecular formula is C11H16FNO. The summed E-state index contributed by atoms with van der Waals surface area (Å²) in [5.41, 5.74) is 6.56. The molecule has 0 amide bonds. The van der Waals surface area contributed by atoms with Gasteiger partial charge in [-0.3, -0.25) is 0 Å². The van der Waals surface area contributed by atoms with Gasteiger partial charge in [-0.05, 0) is 38.5 Å². The van der Waals surface area contributed by atoms with Crippen LogP contribution in [0.5, 0.6) is 5.75 Å². The highest BCUT2D eigenvalue weighted by atomic mass is 19.1. The third kappa shape index (κ3) is 2.04. The van der Waals surface area contributed by atoms with Crippen molar-refractivity contribution in [3.05, 3.63) is 29.1 Å². The first kappa shape index (κ1) is 11.0. The van der Waals surface area contributed by atoms with Crippen molar-refractivity contribution in [1.29, 1.82) is 0 Å². The molecule has 0 aliphatic carbocycles. The standard InChI is InChI=1S/C11H16FNO/c1-7-5-10(14-4)8(6-9(7)12)11(2,3)13/h5-6H,13H2,1-4H3. The summed E-state index contributed by atoms with van der Waals surface area (Å²) in [5, 5.41) is 0. The Morgan fingerprint density at radius 3 is 2.36 bits per heavy atom. The molecule has 0 bridgehead atoms. The number of rotatable bonds is 2. The lowest BCUT2D eigenvalue weighted by Gasteiger charge is -2.22. The van der Waals surface area contributed by atoms with Crippen molar-refractivity contribution in [2.45, 2.75) is 26.3 Å². The summed E-state index contributed by atoms with van der Waals surface area (Å²) in [6.07, 6.45) is 0. The number of benzene rings is 1. The van der Waals surface area contributed by atoms with E-state index in [0.717, 1.165) is 0 Å². The molecule has 1 rings (SSSR count). The third-order valence-electron chi connectivity index (χ3n) is 2.17. The summed E-state index contributed by atoms with van der Waals surface area (Å²) in [6.45, 7) is 5.34. The smallest absolute Gasteiger partial charge is 0.126 e. The van der Waals surface area contributed by atoms with Crippen LogP contribution in [0, 0.1) is 12.7 Å². The van der Waals surface area contributed by atoms with E-state index < -0.39 is 5.54 Å². The predicted molar refractivity (Wildman–Crippen MR) is 54.9 cm³/mol. The van der Waals surface area contributed by atoms with Gasteiger partial charge in [0.05, 0.1) is 7.11 Å². The Morgan fingerprint density at radius 2 is 1.93 bits per heavy atom. The number of methoxy groups -OCH3 is 1. The minimum atomic E-state index is -0.597. The molecule has 2 N–H and O–H groups in total. The second-order valence-corrected chi connectivity index (χ2v) is 4.02. The molecule has 0 unspecified atom stereocenters. The highest BCUT2D eigenvalue weighted by Crippen LogP contribution is 2.29. The lowest BCUT2D eigenvalue weighted by Crippen LogP contribution is -2.29. The van der Waals surface area contributed by atoms with Crippen molar-refractivity contribution in [2.75, 3.05) is 7.11 Å². The zero-order chi connectivity index (χ0) is 10.9. The van der Waals surface area contributed by atoms with E-state index in [0.29, 0.717) is 16.9 Å². The van der Waals surface area contributed by atoms with Gasteiger partial charge in [0.25, 0.3) is 0 Å². The molecule has 0 spiro atoms. The van der Waals surface area contributed by atoms with Gasteiger partial charge in [-0.1, -0.05) is 0 Å². The molecule has 14 heavy (non-hydrogen) atoms. The number of hydrogen-bond acceptors (Lipinski definition) is 2. The molecule has 1 aromatic carbocycles. The molecule has 3 heteroatoms. The molecule has 78 valence electrons. The highest BCUT2D eigenvalue weighted by Gasteiger charge is 2.20. The Bertz CT molecular complexity index is 342. The Hall–Kier alpha value is -1.09. The Labute approximate surface area is 83.9 Å². The van der Waals surface area contributed by atoms with E-state index in [1.165, 1.54) is 6.07 Å².